The van der Waals surface area contributed by atoms with Crippen LogP contribution in [0.25, 0.3) is 23.0 Å². The number of thiocarbonyl (C=S) groups is 1. The van der Waals surface area contributed by atoms with Crippen LogP contribution in [-0.2, 0) is 4.79 Å². The molecule has 2 heterocycles. The van der Waals surface area contributed by atoms with Crippen molar-refractivity contribution in [1.29, 1.82) is 0 Å². The van der Waals surface area contributed by atoms with E-state index in [-0.39, 0.29) is 5.91 Å². The number of ether oxygens (including phenoxy) is 1. The predicted molar refractivity (Wildman–Crippen MR) is 126 cm³/mol. The van der Waals surface area contributed by atoms with Crippen molar-refractivity contribution in [3.8, 4) is 22.7 Å². The Morgan fingerprint density at radius 3 is 2.67 bits per heavy atom. The molecule has 7 heteroatoms. The zero-order valence-corrected chi connectivity index (χ0v) is 18.4. The monoisotopic (exact) mass is 435 g/mol. The standard InChI is InChI=1S/C23H21N3O2S2/c1-3-12-28-19-11-7-8-16(13-19)21-17(14-20-22(27)25(2)23(29)30-20)15-26(24-21)18-9-5-4-6-10-18/h4-11,13-15H,3,12H2,1-2H3/b20-14-. The first-order valence-corrected chi connectivity index (χ1v) is 10.9. The van der Waals surface area contributed by atoms with E-state index < -0.39 is 0 Å². The number of nitrogens with zero attached hydrogens (tertiary/aromatic N) is 3. The third-order valence-electron chi connectivity index (χ3n) is 4.62. The molecular formula is C23H21N3O2S2. The second kappa shape index (κ2) is 8.85. The molecule has 1 saturated heterocycles. The number of amides is 1. The number of carbonyl (C=O) groups excluding carboxylic acids is 1. The molecule has 2 aromatic carbocycles. The van der Waals surface area contributed by atoms with E-state index >= 15 is 0 Å². The average molecular weight is 436 g/mol. The van der Waals surface area contributed by atoms with Gasteiger partial charge < -0.3 is 4.74 Å². The minimum atomic E-state index is -0.0940. The van der Waals surface area contributed by atoms with E-state index in [1.54, 1.807) is 7.05 Å². The molecule has 1 fully saturated rings. The molecule has 0 aliphatic carbocycles. The van der Waals surface area contributed by atoms with Crippen LogP contribution in [0.5, 0.6) is 5.75 Å². The molecule has 1 aromatic heterocycles. The van der Waals surface area contributed by atoms with E-state index in [2.05, 4.69) is 6.92 Å². The van der Waals surface area contributed by atoms with Gasteiger partial charge in [0.05, 0.1) is 17.2 Å². The second-order valence-corrected chi connectivity index (χ2v) is 8.51. The summed E-state index contributed by atoms with van der Waals surface area (Å²) in [5, 5.41) is 4.83. The summed E-state index contributed by atoms with van der Waals surface area (Å²) in [6.07, 6.45) is 4.74. The van der Waals surface area contributed by atoms with Crippen LogP contribution in [0, 0.1) is 0 Å². The zero-order chi connectivity index (χ0) is 21.1. The molecule has 0 unspecified atom stereocenters. The molecule has 0 atom stereocenters. The van der Waals surface area contributed by atoms with Crippen LogP contribution < -0.4 is 4.74 Å². The van der Waals surface area contributed by atoms with Gasteiger partial charge in [-0.2, -0.15) is 5.10 Å². The van der Waals surface area contributed by atoms with Gasteiger partial charge in [0.1, 0.15) is 15.8 Å². The van der Waals surface area contributed by atoms with E-state index in [0.29, 0.717) is 15.8 Å². The lowest BCUT2D eigenvalue weighted by Crippen LogP contribution is -2.22. The fourth-order valence-corrected chi connectivity index (χ4v) is 4.24. The summed E-state index contributed by atoms with van der Waals surface area (Å²) in [5.74, 6) is 0.706. The van der Waals surface area contributed by atoms with Gasteiger partial charge in [0, 0.05) is 24.4 Å². The highest BCUT2D eigenvalue weighted by Crippen LogP contribution is 2.34. The van der Waals surface area contributed by atoms with Crippen LogP contribution in [0.1, 0.15) is 18.9 Å². The molecule has 4 rings (SSSR count). The Morgan fingerprint density at radius 1 is 1.17 bits per heavy atom. The maximum absolute atomic E-state index is 12.5. The number of hydrogen-bond donors (Lipinski definition) is 0. The van der Waals surface area contributed by atoms with Gasteiger partial charge in [-0.25, -0.2) is 4.68 Å². The summed E-state index contributed by atoms with van der Waals surface area (Å²) in [6, 6.07) is 17.8. The summed E-state index contributed by atoms with van der Waals surface area (Å²) in [5.41, 5.74) is 3.50. The minimum Gasteiger partial charge on any atom is -0.494 e. The minimum absolute atomic E-state index is 0.0940. The number of carbonyl (C=O) groups is 1. The van der Waals surface area contributed by atoms with Gasteiger partial charge >= 0.3 is 0 Å². The number of thioether (sulfide) groups is 1. The lowest BCUT2D eigenvalue weighted by atomic mass is 10.1. The lowest BCUT2D eigenvalue weighted by molar-refractivity contribution is -0.121. The topological polar surface area (TPSA) is 47.4 Å². The van der Waals surface area contributed by atoms with Crippen molar-refractivity contribution < 1.29 is 9.53 Å². The van der Waals surface area contributed by atoms with Gasteiger partial charge in [-0.3, -0.25) is 9.69 Å². The summed E-state index contributed by atoms with van der Waals surface area (Å²) in [7, 11) is 1.70. The fourth-order valence-electron chi connectivity index (χ4n) is 3.07. The largest absolute Gasteiger partial charge is 0.494 e. The first-order valence-electron chi connectivity index (χ1n) is 9.66. The van der Waals surface area contributed by atoms with Crippen molar-refractivity contribution in [2.75, 3.05) is 13.7 Å². The average Bonchev–Trinajstić information content (AvgIpc) is 3.30. The Bertz CT molecular complexity index is 1120. The van der Waals surface area contributed by atoms with Gasteiger partial charge in [0.2, 0.25) is 0 Å². The molecule has 0 radical (unpaired) electrons. The highest BCUT2D eigenvalue weighted by molar-refractivity contribution is 8.26. The fraction of sp³-hybridized carbons (Fsp3) is 0.174. The first kappa shape index (κ1) is 20.4. The van der Waals surface area contributed by atoms with Crippen molar-refractivity contribution in [1.82, 2.24) is 14.7 Å². The molecule has 1 aliphatic heterocycles. The highest BCUT2D eigenvalue weighted by Gasteiger charge is 2.29. The molecule has 3 aromatic rings. The Balaban J connectivity index is 1.80. The van der Waals surface area contributed by atoms with E-state index in [1.165, 1.54) is 16.7 Å². The van der Waals surface area contributed by atoms with Gasteiger partial charge in [0.15, 0.2) is 0 Å². The molecule has 152 valence electrons. The third-order valence-corrected chi connectivity index (χ3v) is 6.10. The maximum atomic E-state index is 12.5. The molecule has 30 heavy (non-hydrogen) atoms. The summed E-state index contributed by atoms with van der Waals surface area (Å²) in [6.45, 7) is 2.74. The number of para-hydroxylation sites is 1. The van der Waals surface area contributed by atoms with Crippen LogP contribution in [0.15, 0.2) is 65.7 Å². The summed E-state index contributed by atoms with van der Waals surface area (Å²) in [4.78, 5) is 14.6. The SMILES string of the molecule is CCCOc1cccc(-c2nn(-c3ccccc3)cc2/C=C2\SC(=S)N(C)C2=O)c1. The molecule has 1 aliphatic rings. The van der Waals surface area contributed by atoms with Gasteiger partial charge in [-0.1, -0.05) is 61.2 Å². The molecule has 0 spiro atoms. The zero-order valence-electron chi connectivity index (χ0n) is 16.7. The quantitative estimate of drug-likeness (QED) is 0.395. The van der Waals surface area contributed by atoms with E-state index in [1.807, 2.05) is 71.6 Å². The Kier molecular flexibility index (Phi) is 6.01. The smallest absolute Gasteiger partial charge is 0.265 e. The molecule has 0 bridgehead atoms. The predicted octanol–water partition coefficient (Wildman–Crippen LogP) is 5.16. The third kappa shape index (κ3) is 4.17. The normalized spacial score (nSPS) is 15.3. The summed E-state index contributed by atoms with van der Waals surface area (Å²) < 4.78 is 8.18. The Labute approximate surface area is 185 Å². The molecule has 0 N–H and O–H groups in total. The Morgan fingerprint density at radius 2 is 1.97 bits per heavy atom. The van der Waals surface area contributed by atoms with Gasteiger partial charge in [0.25, 0.3) is 5.91 Å². The van der Waals surface area contributed by atoms with E-state index in [4.69, 9.17) is 22.1 Å². The van der Waals surface area contributed by atoms with Crippen molar-refractivity contribution in [2.24, 2.45) is 0 Å². The first-order chi connectivity index (χ1) is 14.6. The van der Waals surface area contributed by atoms with E-state index in [0.717, 1.165) is 34.7 Å². The van der Waals surface area contributed by atoms with Crippen LogP contribution >= 0.6 is 24.0 Å². The Hall–Kier alpha value is -2.90. The van der Waals surface area contributed by atoms with Crippen molar-refractivity contribution in [3.63, 3.8) is 0 Å². The number of likely N-dealkylation sites (N-methyl/N-ethyl adjacent to an activating group) is 1. The van der Waals surface area contributed by atoms with Crippen LogP contribution in [0.3, 0.4) is 0 Å². The number of hydrogen-bond acceptors (Lipinski definition) is 5. The second-order valence-electron chi connectivity index (χ2n) is 6.83. The summed E-state index contributed by atoms with van der Waals surface area (Å²) >= 11 is 6.57. The van der Waals surface area contributed by atoms with Crippen molar-refractivity contribution in [3.05, 3.63) is 71.3 Å². The molecule has 1 amide bonds. The number of rotatable bonds is 6. The molecule has 0 saturated carbocycles. The number of benzene rings is 2. The maximum Gasteiger partial charge on any atom is 0.265 e. The van der Waals surface area contributed by atoms with E-state index in [9.17, 15) is 4.79 Å². The van der Waals surface area contributed by atoms with Crippen molar-refractivity contribution in [2.45, 2.75) is 13.3 Å². The number of aromatic nitrogens is 2. The van der Waals surface area contributed by atoms with Crippen molar-refractivity contribution >= 4 is 40.3 Å². The lowest BCUT2D eigenvalue weighted by Gasteiger charge is -2.06. The van der Waals surface area contributed by atoms with Crippen LogP contribution in [0.2, 0.25) is 0 Å². The highest BCUT2D eigenvalue weighted by atomic mass is 32.2. The molecular weight excluding hydrogens is 414 g/mol. The van der Waals surface area contributed by atoms with Crippen LogP contribution in [0.4, 0.5) is 0 Å². The van der Waals surface area contributed by atoms with Gasteiger partial charge in [-0.15, -0.1) is 0 Å². The van der Waals surface area contributed by atoms with Gasteiger partial charge in [-0.05, 0) is 36.8 Å². The molecule has 5 nitrogen and oxygen atoms in total. The van der Waals surface area contributed by atoms with Crippen LogP contribution in [-0.4, -0.2) is 38.6 Å².